The van der Waals surface area contributed by atoms with E-state index in [0.717, 1.165) is 41.5 Å². The van der Waals surface area contributed by atoms with Crippen LogP contribution < -0.4 is 14.8 Å². The number of H-pyrrole nitrogens is 1. The number of nitrogens with zero attached hydrogens (tertiary/aromatic N) is 1. The van der Waals surface area contributed by atoms with Crippen LogP contribution in [0.4, 0.5) is 4.79 Å². The standard InChI is InChI=1S/C26H33N3O3/c1-4-14-29(17-18-12-13-18)26(30)28-16-22(20-9-7-11-24(31-2)25(20)32-3)21-15-27-23-10-6-5-8-19(21)23/h5-11,15,18,22,27H,4,12-14,16-17H2,1-3H3,(H,28,30)/t22-/m0/s1. The Bertz CT molecular complexity index is 1060. The van der Waals surface area contributed by atoms with Gasteiger partial charge in [0.2, 0.25) is 0 Å². The molecule has 1 heterocycles. The highest BCUT2D eigenvalue weighted by atomic mass is 16.5. The summed E-state index contributed by atoms with van der Waals surface area (Å²) in [6, 6.07) is 14.2. The smallest absolute Gasteiger partial charge is 0.317 e. The minimum atomic E-state index is -0.0930. The summed E-state index contributed by atoms with van der Waals surface area (Å²) >= 11 is 0. The van der Waals surface area contributed by atoms with Crippen molar-refractivity contribution in [2.24, 2.45) is 5.92 Å². The monoisotopic (exact) mass is 435 g/mol. The molecule has 6 heteroatoms. The van der Waals surface area contributed by atoms with Crippen molar-refractivity contribution in [2.45, 2.75) is 32.1 Å². The Morgan fingerprint density at radius 1 is 1.12 bits per heavy atom. The average molecular weight is 436 g/mol. The first kappa shape index (κ1) is 22.1. The van der Waals surface area contributed by atoms with E-state index in [2.05, 4.69) is 29.4 Å². The average Bonchev–Trinajstić information content (AvgIpc) is 3.55. The van der Waals surface area contributed by atoms with E-state index < -0.39 is 0 Å². The molecular formula is C26H33N3O3. The van der Waals surface area contributed by atoms with Gasteiger partial charge in [0.15, 0.2) is 11.5 Å². The third-order valence-corrected chi connectivity index (χ3v) is 6.22. The zero-order valence-corrected chi connectivity index (χ0v) is 19.2. The number of methoxy groups -OCH3 is 2. The van der Waals surface area contributed by atoms with E-state index in [4.69, 9.17) is 9.47 Å². The van der Waals surface area contributed by atoms with Crippen molar-refractivity contribution in [2.75, 3.05) is 33.9 Å². The summed E-state index contributed by atoms with van der Waals surface area (Å²) in [7, 11) is 3.30. The molecule has 1 atom stereocenters. The third kappa shape index (κ3) is 4.69. The van der Waals surface area contributed by atoms with Crippen LogP contribution in [0.25, 0.3) is 10.9 Å². The minimum Gasteiger partial charge on any atom is -0.493 e. The van der Waals surface area contributed by atoms with Crippen LogP contribution in [-0.2, 0) is 0 Å². The molecule has 0 saturated heterocycles. The second-order valence-electron chi connectivity index (χ2n) is 8.50. The predicted molar refractivity (Wildman–Crippen MR) is 128 cm³/mol. The fraction of sp³-hybridized carbons (Fsp3) is 0.423. The Morgan fingerprint density at radius 3 is 2.66 bits per heavy atom. The minimum absolute atomic E-state index is 0.00505. The number of aromatic nitrogens is 1. The van der Waals surface area contributed by atoms with Crippen molar-refractivity contribution in [1.82, 2.24) is 15.2 Å². The summed E-state index contributed by atoms with van der Waals surface area (Å²) in [5.41, 5.74) is 3.18. The van der Waals surface area contributed by atoms with Crippen LogP contribution in [0.3, 0.4) is 0 Å². The Labute approximate surface area is 189 Å². The lowest BCUT2D eigenvalue weighted by Gasteiger charge is -2.26. The second kappa shape index (κ2) is 9.98. The van der Waals surface area contributed by atoms with Crippen LogP contribution in [0.2, 0.25) is 0 Å². The molecule has 1 aromatic heterocycles. The lowest BCUT2D eigenvalue weighted by molar-refractivity contribution is 0.195. The molecule has 1 aliphatic carbocycles. The Hall–Kier alpha value is -3.15. The van der Waals surface area contributed by atoms with Gasteiger partial charge in [-0.25, -0.2) is 4.79 Å². The van der Waals surface area contributed by atoms with E-state index in [0.29, 0.717) is 24.0 Å². The quantitative estimate of drug-likeness (QED) is 0.463. The summed E-state index contributed by atoms with van der Waals surface area (Å²) in [6.45, 7) is 4.21. The molecule has 0 radical (unpaired) electrons. The van der Waals surface area contributed by atoms with Crippen molar-refractivity contribution < 1.29 is 14.3 Å². The summed E-state index contributed by atoms with van der Waals surface area (Å²) in [5, 5.41) is 4.36. The first-order valence-corrected chi connectivity index (χ1v) is 11.5. The molecule has 3 aromatic rings. The fourth-order valence-corrected chi connectivity index (χ4v) is 4.42. The number of hydrogen-bond acceptors (Lipinski definition) is 3. The van der Waals surface area contributed by atoms with Crippen molar-refractivity contribution in [1.29, 1.82) is 0 Å². The molecule has 2 amide bonds. The number of fused-ring (bicyclic) bond motifs is 1. The maximum atomic E-state index is 13.1. The van der Waals surface area contributed by atoms with Crippen LogP contribution in [0.15, 0.2) is 48.7 Å². The normalized spacial score (nSPS) is 14.2. The fourth-order valence-electron chi connectivity index (χ4n) is 4.42. The lowest BCUT2D eigenvalue weighted by Crippen LogP contribution is -2.43. The summed E-state index contributed by atoms with van der Waals surface area (Å²) < 4.78 is 11.3. The maximum Gasteiger partial charge on any atom is 0.317 e. The van der Waals surface area contributed by atoms with Crippen molar-refractivity contribution in [3.05, 3.63) is 59.8 Å². The van der Waals surface area contributed by atoms with Gasteiger partial charge in [0.1, 0.15) is 0 Å². The van der Waals surface area contributed by atoms with Gasteiger partial charge < -0.3 is 24.7 Å². The highest BCUT2D eigenvalue weighted by Crippen LogP contribution is 2.40. The van der Waals surface area contributed by atoms with Gasteiger partial charge in [0.05, 0.1) is 14.2 Å². The Balaban J connectivity index is 1.66. The van der Waals surface area contributed by atoms with E-state index in [9.17, 15) is 4.79 Å². The number of benzene rings is 2. The molecule has 0 unspecified atom stereocenters. The highest BCUT2D eigenvalue weighted by molar-refractivity contribution is 5.84. The molecule has 1 aliphatic rings. The van der Waals surface area contributed by atoms with Gasteiger partial charge in [-0.1, -0.05) is 37.3 Å². The lowest BCUT2D eigenvalue weighted by atomic mass is 9.90. The van der Waals surface area contributed by atoms with E-state index in [-0.39, 0.29) is 11.9 Å². The molecule has 170 valence electrons. The molecule has 2 N–H and O–H groups in total. The number of amides is 2. The molecule has 32 heavy (non-hydrogen) atoms. The second-order valence-corrected chi connectivity index (χ2v) is 8.50. The summed E-state index contributed by atoms with van der Waals surface area (Å²) in [5.74, 6) is 1.95. The molecule has 6 nitrogen and oxygen atoms in total. The van der Waals surface area contributed by atoms with Gasteiger partial charge in [-0.2, -0.15) is 0 Å². The van der Waals surface area contributed by atoms with Crippen molar-refractivity contribution >= 4 is 16.9 Å². The SMILES string of the molecule is CCCN(CC1CC1)C(=O)NC[C@@H](c1cccc(OC)c1OC)c1c[nH]c2ccccc12. The zero-order valence-electron chi connectivity index (χ0n) is 19.2. The number of hydrogen-bond donors (Lipinski definition) is 2. The number of urea groups is 1. The Morgan fingerprint density at radius 2 is 1.94 bits per heavy atom. The number of carbonyl (C=O) groups is 1. The van der Waals surface area contributed by atoms with E-state index in [1.165, 1.54) is 12.8 Å². The highest BCUT2D eigenvalue weighted by Gasteiger charge is 2.28. The van der Waals surface area contributed by atoms with E-state index in [1.807, 2.05) is 41.4 Å². The van der Waals surface area contributed by atoms with Crippen LogP contribution in [0.1, 0.15) is 43.2 Å². The largest absolute Gasteiger partial charge is 0.493 e. The van der Waals surface area contributed by atoms with Crippen LogP contribution >= 0.6 is 0 Å². The maximum absolute atomic E-state index is 13.1. The molecule has 0 spiro atoms. The van der Waals surface area contributed by atoms with Gasteiger partial charge in [-0.05, 0) is 42.9 Å². The molecule has 1 saturated carbocycles. The van der Waals surface area contributed by atoms with Crippen LogP contribution in [-0.4, -0.2) is 49.8 Å². The van der Waals surface area contributed by atoms with Crippen LogP contribution in [0.5, 0.6) is 11.5 Å². The summed E-state index contributed by atoms with van der Waals surface area (Å²) in [4.78, 5) is 18.4. The van der Waals surface area contributed by atoms with Gasteiger partial charge in [0, 0.05) is 48.2 Å². The number of aromatic amines is 1. The topological polar surface area (TPSA) is 66.6 Å². The van der Waals surface area contributed by atoms with Crippen molar-refractivity contribution in [3.63, 3.8) is 0 Å². The van der Waals surface area contributed by atoms with E-state index >= 15 is 0 Å². The molecular weight excluding hydrogens is 402 g/mol. The Kier molecular flexibility index (Phi) is 6.88. The van der Waals surface area contributed by atoms with Gasteiger partial charge >= 0.3 is 6.03 Å². The number of carbonyl (C=O) groups excluding carboxylic acids is 1. The summed E-state index contributed by atoms with van der Waals surface area (Å²) in [6.07, 6.45) is 5.45. The van der Waals surface area contributed by atoms with Gasteiger partial charge in [-0.3, -0.25) is 0 Å². The molecule has 4 rings (SSSR count). The number of nitrogens with one attached hydrogen (secondary N) is 2. The predicted octanol–water partition coefficient (Wildman–Crippen LogP) is 5.15. The molecule has 0 bridgehead atoms. The number of para-hydroxylation sites is 2. The first-order chi connectivity index (χ1) is 15.7. The van der Waals surface area contributed by atoms with Gasteiger partial charge in [0.25, 0.3) is 0 Å². The van der Waals surface area contributed by atoms with Gasteiger partial charge in [-0.15, -0.1) is 0 Å². The van der Waals surface area contributed by atoms with Crippen LogP contribution in [0, 0.1) is 5.92 Å². The first-order valence-electron chi connectivity index (χ1n) is 11.5. The van der Waals surface area contributed by atoms with E-state index in [1.54, 1.807) is 14.2 Å². The number of ether oxygens (including phenoxy) is 2. The molecule has 0 aliphatic heterocycles. The van der Waals surface area contributed by atoms with Crippen molar-refractivity contribution in [3.8, 4) is 11.5 Å². The molecule has 2 aromatic carbocycles. The number of rotatable bonds is 10. The molecule has 1 fully saturated rings. The third-order valence-electron chi connectivity index (χ3n) is 6.22. The zero-order chi connectivity index (χ0) is 22.5.